The molecule has 1 rings (SSSR count). The molecule has 0 amide bonds. The molecule has 1 saturated carbocycles. The highest BCUT2D eigenvalue weighted by Gasteiger charge is 2.23. The molecule has 18 heavy (non-hydrogen) atoms. The first-order valence-corrected chi connectivity index (χ1v) is 7.71. The van der Waals surface area contributed by atoms with Crippen molar-refractivity contribution in [2.75, 3.05) is 33.9 Å². The molecule has 1 fully saturated rings. The van der Waals surface area contributed by atoms with Crippen LogP contribution in [0.3, 0.4) is 0 Å². The van der Waals surface area contributed by atoms with Gasteiger partial charge in [0.15, 0.2) is 0 Å². The quantitative estimate of drug-likeness (QED) is 0.534. The number of rotatable bonds is 8. The molecule has 3 nitrogen and oxygen atoms in total. The fourth-order valence-electron chi connectivity index (χ4n) is 2.92. The fourth-order valence-corrected chi connectivity index (χ4v) is 2.92. The van der Waals surface area contributed by atoms with Gasteiger partial charge in [0.25, 0.3) is 0 Å². The van der Waals surface area contributed by atoms with Crippen LogP contribution in [0.4, 0.5) is 0 Å². The molecule has 108 valence electrons. The van der Waals surface area contributed by atoms with Gasteiger partial charge in [-0.2, -0.15) is 0 Å². The molecule has 0 bridgehead atoms. The molecule has 1 N–H and O–H groups in total. The maximum absolute atomic E-state index is 5.40. The van der Waals surface area contributed by atoms with E-state index in [9.17, 15) is 0 Å². The second-order valence-corrected chi connectivity index (χ2v) is 5.62. The Hall–Kier alpha value is -0.120. The molecular formula is C15H32N2O. The lowest BCUT2D eigenvalue weighted by molar-refractivity contribution is 0.0741. The van der Waals surface area contributed by atoms with Crippen molar-refractivity contribution in [2.45, 2.75) is 64.0 Å². The SMILES string of the molecule is CCCNCC(COC)N(C)C1CCCCCC1. The highest BCUT2D eigenvalue weighted by Crippen LogP contribution is 2.22. The van der Waals surface area contributed by atoms with E-state index in [1.165, 1.54) is 44.9 Å². The van der Waals surface area contributed by atoms with Crippen molar-refractivity contribution < 1.29 is 4.74 Å². The summed E-state index contributed by atoms with van der Waals surface area (Å²) in [7, 11) is 4.10. The van der Waals surface area contributed by atoms with Crippen LogP contribution in [0.5, 0.6) is 0 Å². The van der Waals surface area contributed by atoms with Gasteiger partial charge in [0.1, 0.15) is 0 Å². The van der Waals surface area contributed by atoms with E-state index in [0.29, 0.717) is 6.04 Å². The minimum atomic E-state index is 0.518. The number of likely N-dealkylation sites (N-methyl/N-ethyl adjacent to an activating group) is 1. The topological polar surface area (TPSA) is 24.5 Å². The predicted octanol–water partition coefficient (Wildman–Crippen LogP) is 2.66. The number of nitrogens with zero attached hydrogens (tertiary/aromatic N) is 1. The molecule has 1 atom stereocenters. The number of ether oxygens (including phenoxy) is 1. The van der Waals surface area contributed by atoms with E-state index in [2.05, 4.69) is 24.2 Å². The summed E-state index contributed by atoms with van der Waals surface area (Å²) in [5, 5.41) is 3.53. The van der Waals surface area contributed by atoms with Gasteiger partial charge in [0.2, 0.25) is 0 Å². The summed E-state index contributed by atoms with van der Waals surface area (Å²) in [5.41, 5.74) is 0. The Bertz CT molecular complexity index is 191. The second kappa shape index (κ2) is 9.76. The number of methoxy groups -OCH3 is 1. The maximum atomic E-state index is 5.40. The smallest absolute Gasteiger partial charge is 0.0630 e. The zero-order valence-corrected chi connectivity index (χ0v) is 12.6. The van der Waals surface area contributed by atoms with Crippen LogP contribution in [0, 0.1) is 0 Å². The molecule has 1 unspecified atom stereocenters. The summed E-state index contributed by atoms with van der Waals surface area (Å²) in [6, 6.07) is 1.28. The third-order valence-corrected chi connectivity index (χ3v) is 4.14. The average Bonchev–Trinajstić information content (AvgIpc) is 2.66. The molecule has 3 heteroatoms. The highest BCUT2D eigenvalue weighted by molar-refractivity contribution is 4.79. The lowest BCUT2D eigenvalue weighted by atomic mass is 10.1. The monoisotopic (exact) mass is 256 g/mol. The van der Waals surface area contributed by atoms with Gasteiger partial charge in [-0.05, 0) is 32.9 Å². The Labute approximate surface area is 113 Å². The van der Waals surface area contributed by atoms with Gasteiger partial charge in [-0.15, -0.1) is 0 Å². The first-order chi connectivity index (χ1) is 8.79. The van der Waals surface area contributed by atoms with E-state index >= 15 is 0 Å². The van der Waals surface area contributed by atoms with Crippen LogP contribution in [0.1, 0.15) is 51.9 Å². The maximum Gasteiger partial charge on any atom is 0.0630 e. The van der Waals surface area contributed by atoms with E-state index < -0.39 is 0 Å². The summed E-state index contributed by atoms with van der Waals surface area (Å²) in [4.78, 5) is 2.57. The molecule has 0 aromatic carbocycles. The summed E-state index contributed by atoms with van der Waals surface area (Å²) in [6.45, 7) is 5.21. The number of nitrogens with one attached hydrogen (secondary N) is 1. The molecule has 0 spiro atoms. The van der Waals surface area contributed by atoms with Crippen molar-refractivity contribution >= 4 is 0 Å². The van der Waals surface area contributed by atoms with Gasteiger partial charge >= 0.3 is 0 Å². The Morgan fingerprint density at radius 2 is 1.89 bits per heavy atom. The molecule has 0 heterocycles. The molecule has 0 aliphatic heterocycles. The zero-order valence-electron chi connectivity index (χ0n) is 12.6. The van der Waals surface area contributed by atoms with E-state index in [1.807, 2.05) is 7.11 Å². The molecule has 0 aromatic rings. The van der Waals surface area contributed by atoms with Gasteiger partial charge in [-0.3, -0.25) is 4.90 Å². The van der Waals surface area contributed by atoms with Crippen LogP contribution >= 0.6 is 0 Å². The van der Waals surface area contributed by atoms with Crippen molar-refractivity contribution in [3.63, 3.8) is 0 Å². The zero-order chi connectivity index (χ0) is 13.2. The first kappa shape index (κ1) is 15.9. The van der Waals surface area contributed by atoms with Crippen LogP contribution in [-0.2, 0) is 4.74 Å². The van der Waals surface area contributed by atoms with Crippen molar-refractivity contribution in [3.05, 3.63) is 0 Å². The Morgan fingerprint density at radius 1 is 1.22 bits per heavy atom. The lowest BCUT2D eigenvalue weighted by Crippen LogP contribution is -2.48. The van der Waals surface area contributed by atoms with Gasteiger partial charge in [-0.1, -0.05) is 32.6 Å². The van der Waals surface area contributed by atoms with Gasteiger partial charge in [0, 0.05) is 25.7 Å². The molecule has 0 radical (unpaired) electrons. The Kier molecular flexibility index (Phi) is 8.64. The predicted molar refractivity (Wildman–Crippen MR) is 78.1 cm³/mol. The standard InChI is InChI=1S/C15H32N2O/c1-4-11-16-12-15(13-18-3)17(2)14-9-7-5-6-8-10-14/h14-16H,4-13H2,1-3H3. The highest BCUT2D eigenvalue weighted by atomic mass is 16.5. The third-order valence-electron chi connectivity index (χ3n) is 4.14. The summed E-state index contributed by atoms with van der Waals surface area (Å²) in [5.74, 6) is 0. The molecule has 0 saturated heterocycles. The lowest BCUT2D eigenvalue weighted by Gasteiger charge is -2.34. The fraction of sp³-hybridized carbons (Fsp3) is 1.00. The average molecular weight is 256 g/mol. The molecule has 1 aliphatic rings. The van der Waals surface area contributed by atoms with Crippen molar-refractivity contribution in [1.29, 1.82) is 0 Å². The van der Waals surface area contributed by atoms with E-state index in [1.54, 1.807) is 0 Å². The first-order valence-electron chi connectivity index (χ1n) is 7.71. The summed E-state index contributed by atoms with van der Waals surface area (Å²) in [6.07, 6.45) is 9.58. The van der Waals surface area contributed by atoms with Crippen molar-refractivity contribution in [2.24, 2.45) is 0 Å². The minimum absolute atomic E-state index is 0.518. The van der Waals surface area contributed by atoms with E-state index in [4.69, 9.17) is 4.74 Å². The minimum Gasteiger partial charge on any atom is -0.383 e. The van der Waals surface area contributed by atoms with Gasteiger partial charge < -0.3 is 10.1 Å². The van der Waals surface area contributed by atoms with Crippen LogP contribution < -0.4 is 5.32 Å². The number of hydrogen-bond acceptors (Lipinski definition) is 3. The van der Waals surface area contributed by atoms with Gasteiger partial charge in [-0.25, -0.2) is 0 Å². The largest absolute Gasteiger partial charge is 0.383 e. The summed E-state index contributed by atoms with van der Waals surface area (Å²) >= 11 is 0. The molecule has 1 aliphatic carbocycles. The normalized spacial score (nSPS) is 20.0. The third kappa shape index (κ3) is 5.68. The van der Waals surface area contributed by atoms with Crippen LogP contribution in [0.15, 0.2) is 0 Å². The van der Waals surface area contributed by atoms with Crippen molar-refractivity contribution in [1.82, 2.24) is 10.2 Å². The Morgan fingerprint density at radius 3 is 2.44 bits per heavy atom. The summed E-state index contributed by atoms with van der Waals surface area (Å²) < 4.78 is 5.40. The van der Waals surface area contributed by atoms with E-state index in [-0.39, 0.29) is 0 Å². The molecule has 0 aromatic heterocycles. The van der Waals surface area contributed by atoms with E-state index in [0.717, 1.165) is 25.7 Å². The Balaban J connectivity index is 2.42. The van der Waals surface area contributed by atoms with Crippen LogP contribution in [0.25, 0.3) is 0 Å². The van der Waals surface area contributed by atoms with Crippen LogP contribution in [0.2, 0.25) is 0 Å². The van der Waals surface area contributed by atoms with Gasteiger partial charge in [0.05, 0.1) is 6.61 Å². The van der Waals surface area contributed by atoms with Crippen molar-refractivity contribution in [3.8, 4) is 0 Å². The number of hydrogen-bond donors (Lipinski definition) is 1. The second-order valence-electron chi connectivity index (χ2n) is 5.62. The van der Waals surface area contributed by atoms with Crippen LogP contribution in [-0.4, -0.2) is 50.8 Å². The molecular weight excluding hydrogens is 224 g/mol.